The van der Waals surface area contributed by atoms with Crippen LogP contribution in [0.2, 0.25) is 0 Å². The summed E-state index contributed by atoms with van der Waals surface area (Å²) < 4.78 is 5.54. The molecule has 88 valence electrons. The highest BCUT2D eigenvalue weighted by Crippen LogP contribution is 2.27. The van der Waals surface area contributed by atoms with E-state index in [0.29, 0.717) is 11.4 Å². The lowest BCUT2D eigenvalue weighted by atomic mass is 10.2. The Hall–Kier alpha value is -2.10. The van der Waals surface area contributed by atoms with Gasteiger partial charge in [0.25, 0.3) is 0 Å². The van der Waals surface area contributed by atoms with E-state index in [1.165, 1.54) is 0 Å². The molecule has 2 aromatic rings. The molecule has 0 atom stereocenters. The maximum absolute atomic E-state index is 9.71. The maximum Gasteiger partial charge on any atom is 0.141 e. The van der Waals surface area contributed by atoms with E-state index in [-0.39, 0.29) is 11.9 Å². The van der Waals surface area contributed by atoms with Crippen molar-refractivity contribution >= 4 is 0 Å². The summed E-state index contributed by atoms with van der Waals surface area (Å²) in [6.45, 7) is 3.90. The Balaban J connectivity index is 2.37. The number of nitrogens with zero attached hydrogens (tertiary/aromatic N) is 2. The normalized spacial score (nSPS) is 10.5. The van der Waals surface area contributed by atoms with Crippen LogP contribution in [0.5, 0.6) is 11.5 Å². The van der Waals surface area contributed by atoms with Crippen molar-refractivity contribution in [3.05, 3.63) is 36.8 Å². The van der Waals surface area contributed by atoms with Gasteiger partial charge in [-0.15, -0.1) is 0 Å². The predicted octanol–water partition coefficient (Wildman–Crippen LogP) is 2.64. The largest absolute Gasteiger partial charge is 0.506 e. The molecule has 17 heavy (non-hydrogen) atoms. The second kappa shape index (κ2) is 4.82. The van der Waals surface area contributed by atoms with Crippen LogP contribution in [-0.4, -0.2) is 21.2 Å². The third-order valence-corrected chi connectivity index (χ3v) is 2.14. The number of hydrogen-bond acceptors (Lipinski definition) is 4. The minimum absolute atomic E-state index is 0.0874. The zero-order valence-electron chi connectivity index (χ0n) is 9.79. The third-order valence-electron chi connectivity index (χ3n) is 2.14. The van der Waals surface area contributed by atoms with Gasteiger partial charge in [0.1, 0.15) is 17.2 Å². The van der Waals surface area contributed by atoms with E-state index in [2.05, 4.69) is 9.97 Å². The molecule has 0 unspecified atom stereocenters. The molecule has 0 radical (unpaired) electrons. The molecule has 4 heteroatoms. The predicted molar refractivity (Wildman–Crippen MR) is 64.9 cm³/mol. The SMILES string of the molecule is CC(C)Oc1cncc(-c2ncccc2O)c1. The lowest BCUT2D eigenvalue weighted by Gasteiger charge is -2.10. The highest BCUT2D eigenvalue weighted by molar-refractivity contribution is 5.65. The number of aromatic nitrogens is 2. The summed E-state index contributed by atoms with van der Waals surface area (Å²) in [5.74, 6) is 0.804. The molecule has 1 N–H and O–H groups in total. The Morgan fingerprint density at radius 1 is 1.29 bits per heavy atom. The van der Waals surface area contributed by atoms with E-state index in [4.69, 9.17) is 4.74 Å². The summed E-state index contributed by atoms with van der Waals surface area (Å²) in [5, 5.41) is 9.71. The summed E-state index contributed by atoms with van der Waals surface area (Å²) >= 11 is 0. The monoisotopic (exact) mass is 230 g/mol. The molecular formula is C13H14N2O2. The van der Waals surface area contributed by atoms with Gasteiger partial charge in [0.15, 0.2) is 0 Å². The fourth-order valence-corrected chi connectivity index (χ4v) is 1.50. The zero-order chi connectivity index (χ0) is 12.3. The Morgan fingerprint density at radius 2 is 2.12 bits per heavy atom. The van der Waals surface area contributed by atoms with E-state index in [9.17, 15) is 5.11 Å². The highest BCUT2D eigenvalue weighted by Gasteiger charge is 2.07. The van der Waals surface area contributed by atoms with Crippen LogP contribution in [0.3, 0.4) is 0 Å². The van der Waals surface area contributed by atoms with Crippen LogP contribution in [0.1, 0.15) is 13.8 Å². The molecule has 0 aliphatic heterocycles. The molecule has 4 nitrogen and oxygen atoms in total. The molecule has 0 aliphatic carbocycles. The molecule has 0 bridgehead atoms. The van der Waals surface area contributed by atoms with Gasteiger partial charge in [-0.3, -0.25) is 9.97 Å². The van der Waals surface area contributed by atoms with Crippen molar-refractivity contribution in [2.24, 2.45) is 0 Å². The fraction of sp³-hybridized carbons (Fsp3) is 0.231. The molecule has 0 aliphatic rings. The molecule has 0 saturated carbocycles. The summed E-state index contributed by atoms with van der Waals surface area (Å²) in [6.07, 6.45) is 5.01. The molecule has 0 saturated heterocycles. The van der Waals surface area contributed by atoms with E-state index >= 15 is 0 Å². The van der Waals surface area contributed by atoms with E-state index in [0.717, 1.165) is 5.56 Å². The van der Waals surface area contributed by atoms with E-state index in [1.54, 1.807) is 30.7 Å². The first-order chi connectivity index (χ1) is 8.16. The number of ether oxygens (including phenoxy) is 1. The summed E-state index contributed by atoms with van der Waals surface area (Å²) in [7, 11) is 0. The zero-order valence-corrected chi connectivity index (χ0v) is 9.79. The Labute approximate surface area is 99.9 Å². The molecule has 2 aromatic heterocycles. The van der Waals surface area contributed by atoms with Crippen molar-refractivity contribution in [2.45, 2.75) is 20.0 Å². The Morgan fingerprint density at radius 3 is 2.82 bits per heavy atom. The van der Waals surface area contributed by atoms with Gasteiger partial charge < -0.3 is 9.84 Å². The van der Waals surface area contributed by atoms with Crippen molar-refractivity contribution in [1.29, 1.82) is 0 Å². The fourth-order valence-electron chi connectivity index (χ4n) is 1.50. The summed E-state index contributed by atoms with van der Waals surface area (Å²) in [6, 6.07) is 5.09. The van der Waals surface area contributed by atoms with Crippen molar-refractivity contribution in [3.63, 3.8) is 0 Å². The van der Waals surface area contributed by atoms with Crippen LogP contribution in [0.25, 0.3) is 11.3 Å². The van der Waals surface area contributed by atoms with Gasteiger partial charge in [-0.1, -0.05) is 0 Å². The van der Waals surface area contributed by atoms with Crippen molar-refractivity contribution in [1.82, 2.24) is 9.97 Å². The van der Waals surface area contributed by atoms with E-state index in [1.807, 2.05) is 19.9 Å². The minimum atomic E-state index is 0.0874. The van der Waals surface area contributed by atoms with Crippen molar-refractivity contribution in [2.75, 3.05) is 0 Å². The molecule has 2 rings (SSSR count). The first-order valence-electron chi connectivity index (χ1n) is 5.43. The first-order valence-corrected chi connectivity index (χ1v) is 5.43. The quantitative estimate of drug-likeness (QED) is 0.880. The number of hydrogen-bond donors (Lipinski definition) is 1. The second-order valence-electron chi connectivity index (χ2n) is 3.95. The van der Waals surface area contributed by atoms with Crippen LogP contribution in [0.4, 0.5) is 0 Å². The molecule has 0 amide bonds. The van der Waals surface area contributed by atoms with E-state index < -0.39 is 0 Å². The minimum Gasteiger partial charge on any atom is -0.506 e. The van der Waals surface area contributed by atoms with Gasteiger partial charge in [-0.25, -0.2) is 0 Å². The van der Waals surface area contributed by atoms with Gasteiger partial charge in [-0.05, 0) is 32.0 Å². The summed E-state index contributed by atoms with van der Waals surface area (Å²) in [5.41, 5.74) is 1.25. The van der Waals surface area contributed by atoms with Crippen LogP contribution >= 0.6 is 0 Å². The van der Waals surface area contributed by atoms with Gasteiger partial charge in [0.2, 0.25) is 0 Å². The number of pyridine rings is 2. The average Bonchev–Trinajstić information content (AvgIpc) is 2.29. The maximum atomic E-state index is 9.71. The van der Waals surface area contributed by atoms with Crippen LogP contribution < -0.4 is 4.74 Å². The Kier molecular flexibility index (Phi) is 3.23. The smallest absolute Gasteiger partial charge is 0.141 e. The number of aromatic hydroxyl groups is 1. The lowest BCUT2D eigenvalue weighted by molar-refractivity contribution is 0.241. The Bertz CT molecular complexity index is 512. The average molecular weight is 230 g/mol. The van der Waals surface area contributed by atoms with Crippen LogP contribution in [0, 0.1) is 0 Å². The molecule has 2 heterocycles. The van der Waals surface area contributed by atoms with Gasteiger partial charge in [0.05, 0.1) is 12.3 Å². The molecular weight excluding hydrogens is 216 g/mol. The van der Waals surface area contributed by atoms with Crippen molar-refractivity contribution in [3.8, 4) is 22.8 Å². The summed E-state index contributed by atoms with van der Waals surface area (Å²) in [4.78, 5) is 8.20. The number of rotatable bonds is 3. The van der Waals surface area contributed by atoms with Crippen LogP contribution in [0.15, 0.2) is 36.8 Å². The van der Waals surface area contributed by atoms with Gasteiger partial charge >= 0.3 is 0 Å². The molecule has 0 spiro atoms. The third kappa shape index (κ3) is 2.72. The second-order valence-corrected chi connectivity index (χ2v) is 3.95. The first kappa shape index (κ1) is 11.4. The molecule has 0 fully saturated rings. The van der Waals surface area contributed by atoms with Gasteiger partial charge in [0, 0.05) is 18.0 Å². The highest BCUT2D eigenvalue weighted by atomic mass is 16.5. The molecule has 0 aromatic carbocycles. The topological polar surface area (TPSA) is 55.2 Å². The van der Waals surface area contributed by atoms with Crippen molar-refractivity contribution < 1.29 is 9.84 Å². The van der Waals surface area contributed by atoms with Gasteiger partial charge in [-0.2, -0.15) is 0 Å². The lowest BCUT2D eigenvalue weighted by Crippen LogP contribution is -2.05. The van der Waals surface area contributed by atoms with Crippen LogP contribution in [-0.2, 0) is 0 Å². The standard InChI is InChI=1S/C13H14N2O2/c1-9(2)17-11-6-10(7-14-8-11)13-12(16)4-3-5-15-13/h3-9,16H,1-2H3.